The van der Waals surface area contributed by atoms with Gasteiger partial charge in [0.2, 0.25) is 0 Å². The van der Waals surface area contributed by atoms with Gasteiger partial charge in [-0.2, -0.15) is 0 Å². The molecule has 0 saturated heterocycles. The predicted octanol–water partition coefficient (Wildman–Crippen LogP) is 5.34. The molecule has 0 aromatic heterocycles. The summed E-state index contributed by atoms with van der Waals surface area (Å²) < 4.78 is 24.6. The van der Waals surface area contributed by atoms with E-state index in [0.29, 0.717) is 0 Å². The van der Waals surface area contributed by atoms with Crippen LogP contribution in [-0.4, -0.2) is 43.5 Å². The van der Waals surface area contributed by atoms with Crippen LogP contribution in [0.15, 0.2) is 12.2 Å². The third-order valence-electron chi connectivity index (χ3n) is 2.57. The standard InChI is InChI=1S/C18H40O5Si3/c1-15(16(19)20-14-17(2,3)4)18(21-24(5,6)7,22-25(8,9)10)23-26(11,12)13/h1,14H2,2-13H3. The van der Waals surface area contributed by atoms with Crippen molar-refractivity contribution < 1.29 is 22.8 Å². The Morgan fingerprint density at radius 2 is 1.08 bits per heavy atom. The molecule has 0 fully saturated rings. The van der Waals surface area contributed by atoms with Crippen LogP contribution in [0.4, 0.5) is 0 Å². The summed E-state index contributed by atoms with van der Waals surface area (Å²) in [5, 5.41) is 0. The van der Waals surface area contributed by atoms with Crippen molar-refractivity contribution >= 4 is 30.9 Å². The van der Waals surface area contributed by atoms with Gasteiger partial charge in [0, 0.05) is 0 Å². The maximum absolute atomic E-state index is 12.8. The highest BCUT2D eigenvalue weighted by atomic mass is 28.4. The predicted molar refractivity (Wildman–Crippen MR) is 116 cm³/mol. The van der Waals surface area contributed by atoms with Gasteiger partial charge in [-0.05, 0) is 64.3 Å². The molecule has 0 bridgehead atoms. The lowest BCUT2D eigenvalue weighted by Gasteiger charge is -2.45. The summed E-state index contributed by atoms with van der Waals surface area (Å²) in [7, 11) is -6.40. The van der Waals surface area contributed by atoms with Crippen LogP contribution in [0.25, 0.3) is 0 Å². The molecule has 0 radical (unpaired) electrons. The van der Waals surface area contributed by atoms with Crippen LogP contribution in [0.3, 0.4) is 0 Å². The van der Waals surface area contributed by atoms with Crippen molar-refractivity contribution in [3.63, 3.8) is 0 Å². The quantitative estimate of drug-likeness (QED) is 0.218. The topological polar surface area (TPSA) is 54.0 Å². The minimum absolute atomic E-state index is 0.0917. The SMILES string of the molecule is C=C(C(=O)OCC(C)(C)C)C(O[Si](C)(C)C)(O[Si](C)(C)C)O[Si](C)(C)C. The second-order valence-electron chi connectivity index (χ2n) is 10.8. The minimum atomic E-state index is -2.13. The summed E-state index contributed by atoms with van der Waals surface area (Å²) in [5.74, 6) is -2.11. The fourth-order valence-electron chi connectivity index (χ4n) is 1.95. The first kappa shape index (κ1) is 25.7. The molecular formula is C18H40O5Si3. The lowest BCUT2D eigenvalue weighted by atomic mass is 9.99. The largest absolute Gasteiger partial charge is 0.462 e. The Labute approximate surface area is 163 Å². The third-order valence-corrected chi connectivity index (χ3v) is 5.22. The summed E-state index contributed by atoms with van der Waals surface area (Å²) in [4.78, 5) is 12.8. The molecule has 5 nitrogen and oxygen atoms in total. The first-order valence-electron chi connectivity index (χ1n) is 9.13. The maximum atomic E-state index is 12.8. The van der Waals surface area contributed by atoms with Crippen LogP contribution >= 0.6 is 0 Å². The first-order valence-corrected chi connectivity index (χ1v) is 19.4. The van der Waals surface area contributed by atoms with E-state index in [0.717, 1.165) is 0 Å². The number of hydrogen-bond acceptors (Lipinski definition) is 5. The molecule has 0 saturated carbocycles. The lowest BCUT2D eigenvalue weighted by Crippen LogP contribution is -2.58. The van der Waals surface area contributed by atoms with Gasteiger partial charge in [-0.1, -0.05) is 27.4 Å². The van der Waals surface area contributed by atoms with Gasteiger partial charge in [0.05, 0.1) is 6.61 Å². The van der Waals surface area contributed by atoms with Gasteiger partial charge in [0.25, 0.3) is 5.97 Å². The van der Waals surface area contributed by atoms with E-state index < -0.39 is 36.9 Å². The van der Waals surface area contributed by atoms with Gasteiger partial charge in [0.1, 0.15) is 5.57 Å². The van der Waals surface area contributed by atoms with Crippen molar-refractivity contribution in [3.05, 3.63) is 12.2 Å². The average Bonchev–Trinajstić information content (AvgIpc) is 2.27. The van der Waals surface area contributed by atoms with Crippen LogP contribution in [0, 0.1) is 5.41 Å². The monoisotopic (exact) mass is 420 g/mol. The zero-order valence-electron chi connectivity index (χ0n) is 19.0. The highest BCUT2D eigenvalue weighted by Crippen LogP contribution is 2.35. The van der Waals surface area contributed by atoms with Crippen LogP contribution in [0.2, 0.25) is 58.9 Å². The molecule has 0 unspecified atom stereocenters. The fraction of sp³-hybridized carbons (Fsp3) is 0.833. The van der Waals surface area contributed by atoms with E-state index in [1.807, 2.05) is 79.7 Å². The number of rotatable bonds is 9. The molecule has 0 amide bonds. The lowest BCUT2D eigenvalue weighted by molar-refractivity contribution is -0.242. The Morgan fingerprint density at radius 3 is 1.31 bits per heavy atom. The highest BCUT2D eigenvalue weighted by Gasteiger charge is 2.50. The smallest absolute Gasteiger partial charge is 0.341 e. The first-order chi connectivity index (χ1) is 11.2. The molecule has 8 heteroatoms. The van der Waals surface area contributed by atoms with Gasteiger partial charge >= 0.3 is 5.97 Å². The molecule has 0 aromatic carbocycles. The van der Waals surface area contributed by atoms with E-state index >= 15 is 0 Å². The molecule has 0 spiro atoms. The highest BCUT2D eigenvalue weighted by molar-refractivity contribution is 6.72. The van der Waals surface area contributed by atoms with Crippen molar-refractivity contribution in [3.8, 4) is 0 Å². The second-order valence-corrected chi connectivity index (χ2v) is 24.1. The van der Waals surface area contributed by atoms with Crippen molar-refractivity contribution in [2.24, 2.45) is 5.41 Å². The van der Waals surface area contributed by atoms with E-state index in [4.69, 9.17) is 18.0 Å². The Bertz CT molecular complexity index is 464. The zero-order chi connectivity index (χ0) is 21.2. The Hall–Kier alpha value is -0.259. The second kappa shape index (κ2) is 8.40. The van der Waals surface area contributed by atoms with Crippen LogP contribution < -0.4 is 0 Å². The van der Waals surface area contributed by atoms with E-state index in [2.05, 4.69) is 6.58 Å². The van der Waals surface area contributed by atoms with Gasteiger partial charge in [-0.15, -0.1) is 0 Å². The number of ether oxygens (including phenoxy) is 1. The molecule has 0 N–H and O–H groups in total. The van der Waals surface area contributed by atoms with Gasteiger partial charge in [-0.3, -0.25) is 0 Å². The third kappa shape index (κ3) is 10.8. The number of hydrogen-bond donors (Lipinski definition) is 0. The number of carbonyl (C=O) groups is 1. The fourth-order valence-corrected chi connectivity index (χ4v) is 5.24. The molecule has 26 heavy (non-hydrogen) atoms. The number of carbonyl (C=O) groups excluding carboxylic acids is 1. The Balaban J connectivity index is 5.97. The molecule has 0 heterocycles. The molecule has 154 valence electrons. The Morgan fingerprint density at radius 1 is 0.769 bits per heavy atom. The average molecular weight is 421 g/mol. The molecular weight excluding hydrogens is 380 g/mol. The van der Waals surface area contributed by atoms with E-state index in [-0.39, 0.29) is 17.6 Å². The number of esters is 1. The molecule has 0 atom stereocenters. The summed E-state index contributed by atoms with van der Waals surface area (Å²) in [6, 6.07) is 0. The molecule has 0 aliphatic rings. The van der Waals surface area contributed by atoms with E-state index in [1.54, 1.807) is 0 Å². The van der Waals surface area contributed by atoms with Crippen LogP contribution in [0.5, 0.6) is 0 Å². The van der Waals surface area contributed by atoms with Crippen molar-refractivity contribution in [1.29, 1.82) is 0 Å². The molecule has 0 aromatic rings. The summed E-state index contributed by atoms with van der Waals surface area (Å²) in [5.41, 5.74) is -0.0497. The van der Waals surface area contributed by atoms with Gasteiger partial charge in [-0.25, -0.2) is 4.79 Å². The minimum Gasteiger partial charge on any atom is -0.462 e. The van der Waals surface area contributed by atoms with Crippen molar-refractivity contribution in [2.75, 3.05) is 6.61 Å². The van der Waals surface area contributed by atoms with Gasteiger partial charge < -0.3 is 18.0 Å². The zero-order valence-corrected chi connectivity index (χ0v) is 22.0. The summed E-state index contributed by atoms with van der Waals surface area (Å²) >= 11 is 0. The summed E-state index contributed by atoms with van der Waals surface area (Å²) in [6.45, 7) is 28.6. The molecule has 0 aliphatic carbocycles. The maximum Gasteiger partial charge on any atom is 0.341 e. The summed E-state index contributed by atoms with van der Waals surface area (Å²) in [6.07, 6.45) is 0. The normalized spacial score (nSPS) is 14.3. The van der Waals surface area contributed by atoms with Crippen LogP contribution in [0.1, 0.15) is 20.8 Å². The van der Waals surface area contributed by atoms with E-state index in [1.165, 1.54) is 0 Å². The van der Waals surface area contributed by atoms with E-state index in [9.17, 15) is 4.79 Å². The molecule has 0 rings (SSSR count). The van der Waals surface area contributed by atoms with Crippen LogP contribution in [-0.2, 0) is 22.8 Å². The molecule has 0 aliphatic heterocycles. The Kier molecular flexibility index (Phi) is 8.32. The van der Waals surface area contributed by atoms with Crippen molar-refractivity contribution in [2.45, 2.75) is 85.7 Å². The van der Waals surface area contributed by atoms with Crippen molar-refractivity contribution in [1.82, 2.24) is 0 Å². The van der Waals surface area contributed by atoms with Gasteiger partial charge in [0.15, 0.2) is 25.0 Å².